The first-order valence-corrected chi connectivity index (χ1v) is 10.4. The summed E-state index contributed by atoms with van der Waals surface area (Å²) in [5.41, 5.74) is 10.1. The van der Waals surface area contributed by atoms with Crippen LogP contribution >= 0.6 is 0 Å². The normalized spacial score (nSPS) is 14.3. The molecular weight excluding hydrogens is 441 g/mol. The Kier molecular flexibility index (Phi) is 5.38. The van der Waals surface area contributed by atoms with Crippen LogP contribution in [0.2, 0.25) is 0 Å². The van der Waals surface area contributed by atoms with Gasteiger partial charge < -0.3 is 19.7 Å². The summed E-state index contributed by atoms with van der Waals surface area (Å²) in [4.78, 5) is 8.86. The van der Waals surface area contributed by atoms with E-state index in [2.05, 4.69) is 15.1 Å². The molecule has 0 atom stereocenters. The van der Waals surface area contributed by atoms with Gasteiger partial charge in [-0.2, -0.15) is 4.98 Å². The molecule has 4 aromatic rings. The van der Waals surface area contributed by atoms with E-state index in [-0.39, 0.29) is 6.61 Å². The molecule has 0 saturated carbocycles. The van der Waals surface area contributed by atoms with Gasteiger partial charge in [-0.1, -0.05) is 11.2 Å². The third kappa shape index (κ3) is 3.82. The summed E-state index contributed by atoms with van der Waals surface area (Å²) in [5, 5.41) is 5.52. The first kappa shape index (κ1) is 21.5. The average Bonchev–Trinajstić information content (AvgIpc) is 3.43. The minimum atomic E-state index is -0.399. The molecule has 4 N–H and O–H groups in total. The lowest BCUT2D eigenvalue weighted by Crippen LogP contribution is -2.34. The number of nitrogens with two attached hydrogens (primary N) is 2. The van der Waals surface area contributed by atoms with E-state index in [1.165, 1.54) is 17.1 Å². The molecule has 1 aliphatic rings. The molecule has 1 aliphatic heterocycles. The highest BCUT2D eigenvalue weighted by Crippen LogP contribution is 2.37. The second kappa shape index (κ2) is 8.52. The molecule has 3 heterocycles. The number of hydrogen-bond acceptors (Lipinski definition) is 9. The van der Waals surface area contributed by atoms with E-state index in [0.717, 1.165) is 11.4 Å². The van der Waals surface area contributed by atoms with Crippen molar-refractivity contribution in [3.8, 4) is 28.7 Å². The van der Waals surface area contributed by atoms with Crippen molar-refractivity contribution in [2.24, 2.45) is 11.6 Å². The number of anilines is 1. The number of nitrogens with zero attached hydrogens (tertiary/aromatic N) is 5. The number of methoxy groups -OCH3 is 1. The van der Waals surface area contributed by atoms with E-state index in [9.17, 15) is 4.39 Å². The fourth-order valence-electron chi connectivity index (χ4n) is 3.82. The topological polar surface area (TPSA) is 130 Å². The summed E-state index contributed by atoms with van der Waals surface area (Å²) in [7, 11) is 1.58. The largest absolute Gasteiger partial charge is 0.497 e. The number of aryl methyl sites for hydroxylation is 1. The van der Waals surface area contributed by atoms with Crippen molar-refractivity contribution in [1.82, 2.24) is 19.7 Å². The quantitative estimate of drug-likeness (QED) is 0.429. The molecule has 0 aliphatic carbocycles. The first-order chi connectivity index (χ1) is 16.4. The Balaban J connectivity index is 1.61. The smallest absolute Gasteiger partial charge is 0.223 e. The molecule has 0 radical (unpaired) electrons. The molecule has 10 nitrogen and oxygen atoms in total. The fourth-order valence-corrected chi connectivity index (χ4v) is 3.82. The molecule has 0 saturated heterocycles. The van der Waals surface area contributed by atoms with Crippen LogP contribution in [0.3, 0.4) is 0 Å². The molecule has 0 unspecified atom stereocenters. The Hall–Kier alpha value is -4.38. The standard InChI is InChI=1S/C23H22FN7O3/c1-13-28-23(29-34-13)22-21-10-19(17(25)11-33-16-5-3-4-14(24)8-16)31(26)20-9-15(32-2)6-7-18(20)30(21)12-27-22/h3-9,12H,10-11,25-26H2,1-2H3/b19-17-. The molecule has 0 fully saturated rings. The van der Waals surface area contributed by atoms with Crippen molar-refractivity contribution in [2.75, 3.05) is 18.7 Å². The van der Waals surface area contributed by atoms with Crippen molar-refractivity contribution >= 4 is 5.69 Å². The van der Waals surface area contributed by atoms with Gasteiger partial charge in [-0.05, 0) is 24.3 Å². The number of halogens is 1. The summed E-state index contributed by atoms with van der Waals surface area (Å²) >= 11 is 0. The molecular formula is C23H22FN7O3. The minimum absolute atomic E-state index is 0.00340. The van der Waals surface area contributed by atoms with Crippen LogP contribution in [0.1, 0.15) is 11.6 Å². The van der Waals surface area contributed by atoms with Gasteiger partial charge >= 0.3 is 0 Å². The summed E-state index contributed by atoms with van der Waals surface area (Å²) < 4.78 is 31.7. The van der Waals surface area contributed by atoms with E-state index >= 15 is 0 Å². The third-order valence-corrected chi connectivity index (χ3v) is 5.49. The number of rotatable bonds is 5. The Morgan fingerprint density at radius 2 is 2.03 bits per heavy atom. The zero-order chi connectivity index (χ0) is 23.8. The second-order valence-corrected chi connectivity index (χ2v) is 7.67. The van der Waals surface area contributed by atoms with Crippen LogP contribution in [0.15, 0.2) is 64.7 Å². The second-order valence-electron chi connectivity index (χ2n) is 7.67. The predicted molar refractivity (Wildman–Crippen MR) is 122 cm³/mol. The Bertz CT molecular complexity index is 1390. The number of allylic oxidation sites excluding steroid dienone is 1. The van der Waals surface area contributed by atoms with Gasteiger partial charge in [-0.3, -0.25) is 9.58 Å². The van der Waals surface area contributed by atoms with E-state index in [1.807, 2.05) is 22.8 Å². The lowest BCUT2D eigenvalue weighted by Gasteiger charge is -2.24. The number of fused-ring (bicyclic) bond motifs is 3. The van der Waals surface area contributed by atoms with Crippen LogP contribution < -0.4 is 26.1 Å². The van der Waals surface area contributed by atoms with Gasteiger partial charge in [0.25, 0.3) is 0 Å². The van der Waals surface area contributed by atoms with Crippen LogP contribution in [0.5, 0.6) is 11.5 Å². The first-order valence-electron chi connectivity index (χ1n) is 10.4. The maximum atomic E-state index is 13.5. The van der Waals surface area contributed by atoms with Gasteiger partial charge in [0.2, 0.25) is 11.7 Å². The van der Waals surface area contributed by atoms with E-state index in [1.54, 1.807) is 32.5 Å². The highest BCUT2D eigenvalue weighted by molar-refractivity contribution is 5.71. The molecule has 0 bridgehead atoms. The number of ether oxygens (including phenoxy) is 2. The lowest BCUT2D eigenvalue weighted by atomic mass is 10.1. The molecule has 0 amide bonds. The van der Waals surface area contributed by atoms with Gasteiger partial charge in [-0.25, -0.2) is 15.2 Å². The molecule has 2 aromatic carbocycles. The van der Waals surface area contributed by atoms with E-state index in [0.29, 0.717) is 52.4 Å². The van der Waals surface area contributed by atoms with Crippen molar-refractivity contribution in [1.29, 1.82) is 0 Å². The van der Waals surface area contributed by atoms with Gasteiger partial charge in [0, 0.05) is 25.5 Å². The zero-order valence-corrected chi connectivity index (χ0v) is 18.5. The summed E-state index contributed by atoms with van der Waals surface area (Å²) in [6, 6.07) is 11.4. The van der Waals surface area contributed by atoms with Gasteiger partial charge in [-0.15, -0.1) is 0 Å². The maximum absolute atomic E-state index is 13.5. The third-order valence-electron chi connectivity index (χ3n) is 5.49. The van der Waals surface area contributed by atoms with Crippen molar-refractivity contribution in [3.63, 3.8) is 0 Å². The fraction of sp³-hybridized carbons (Fsp3) is 0.174. The number of hydrazine groups is 1. The summed E-state index contributed by atoms with van der Waals surface area (Å²) in [6.07, 6.45) is 1.98. The van der Waals surface area contributed by atoms with Crippen LogP contribution in [-0.2, 0) is 6.42 Å². The predicted octanol–water partition coefficient (Wildman–Crippen LogP) is 2.86. The van der Waals surface area contributed by atoms with Crippen LogP contribution in [0.25, 0.3) is 17.2 Å². The molecule has 174 valence electrons. The number of imidazole rings is 1. The lowest BCUT2D eigenvalue weighted by molar-refractivity contribution is 0.346. The molecule has 34 heavy (non-hydrogen) atoms. The molecule has 0 spiro atoms. The molecule has 11 heteroatoms. The minimum Gasteiger partial charge on any atom is -0.497 e. The number of benzene rings is 2. The molecule has 2 aromatic heterocycles. The maximum Gasteiger partial charge on any atom is 0.223 e. The number of aromatic nitrogens is 4. The summed E-state index contributed by atoms with van der Waals surface area (Å²) in [5.74, 6) is 7.95. The Morgan fingerprint density at radius 1 is 1.18 bits per heavy atom. The van der Waals surface area contributed by atoms with Crippen LogP contribution in [0, 0.1) is 12.7 Å². The zero-order valence-electron chi connectivity index (χ0n) is 18.5. The molecule has 5 rings (SSSR count). The van der Waals surface area contributed by atoms with Gasteiger partial charge in [0.1, 0.15) is 35.9 Å². The average molecular weight is 463 g/mol. The summed E-state index contributed by atoms with van der Waals surface area (Å²) in [6.45, 7) is 1.71. The van der Waals surface area contributed by atoms with Crippen LogP contribution in [0.4, 0.5) is 10.1 Å². The SMILES string of the molecule is COc1ccc2c(c1)N(N)/C(=C(\N)COc1cccc(F)c1)Cc1c(-c3noc(C)n3)ncn1-2. The Labute approximate surface area is 194 Å². The van der Waals surface area contributed by atoms with E-state index in [4.69, 9.17) is 25.6 Å². The number of hydrogen-bond donors (Lipinski definition) is 2. The van der Waals surface area contributed by atoms with Crippen molar-refractivity contribution < 1.29 is 18.4 Å². The van der Waals surface area contributed by atoms with E-state index < -0.39 is 5.82 Å². The van der Waals surface area contributed by atoms with Crippen molar-refractivity contribution in [3.05, 3.63) is 77.6 Å². The Morgan fingerprint density at radius 3 is 2.76 bits per heavy atom. The van der Waals surface area contributed by atoms with Crippen molar-refractivity contribution in [2.45, 2.75) is 13.3 Å². The van der Waals surface area contributed by atoms with Gasteiger partial charge in [0.15, 0.2) is 0 Å². The van der Waals surface area contributed by atoms with Crippen LogP contribution in [-0.4, -0.2) is 33.4 Å². The highest BCUT2D eigenvalue weighted by atomic mass is 19.1. The monoisotopic (exact) mass is 463 g/mol. The van der Waals surface area contributed by atoms with Gasteiger partial charge in [0.05, 0.1) is 35.6 Å². The highest BCUT2D eigenvalue weighted by Gasteiger charge is 2.28.